The second-order valence-electron chi connectivity index (χ2n) is 4.97. The van der Waals surface area contributed by atoms with Crippen molar-refractivity contribution >= 4 is 5.78 Å². The van der Waals surface area contributed by atoms with Crippen LogP contribution in [0.15, 0.2) is 0 Å². The lowest BCUT2D eigenvalue weighted by Gasteiger charge is -2.23. The Labute approximate surface area is 81.9 Å². The Kier molecular flexibility index (Phi) is 4.62. The first-order valence-corrected chi connectivity index (χ1v) is 5.09. The molecule has 0 saturated carbocycles. The summed E-state index contributed by atoms with van der Waals surface area (Å²) in [6.45, 7) is 10.0. The average molecular weight is 185 g/mol. The van der Waals surface area contributed by atoms with Crippen LogP contribution in [0.2, 0.25) is 0 Å². The van der Waals surface area contributed by atoms with Crippen LogP contribution in [0.5, 0.6) is 0 Å². The highest BCUT2D eigenvalue weighted by molar-refractivity contribution is 5.88. The summed E-state index contributed by atoms with van der Waals surface area (Å²) >= 11 is 0. The van der Waals surface area contributed by atoms with Crippen LogP contribution < -0.4 is 5.73 Å². The van der Waals surface area contributed by atoms with Gasteiger partial charge in [-0.15, -0.1) is 0 Å². The molecule has 0 aromatic rings. The van der Waals surface area contributed by atoms with Gasteiger partial charge in [0, 0.05) is 5.41 Å². The Hall–Kier alpha value is -0.370. The molecule has 0 rings (SSSR count). The quantitative estimate of drug-likeness (QED) is 0.730. The van der Waals surface area contributed by atoms with Crippen molar-refractivity contribution in [3.8, 4) is 0 Å². The third kappa shape index (κ3) is 4.41. The molecule has 0 aliphatic rings. The van der Waals surface area contributed by atoms with Crippen LogP contribution in [0.1, 0.15) is 47.5 Å². The lowest BCUT2D eigenvalue weighted by atomic mass is 9.83. The maximum absolute atomic E-state index is 11.7. The minimum absolute atomic E-state index is 0.174. The first kappa shape index (κ1) is 12.6. The van der Waals surface area contributed by atoms with Gasteiger partial charge < -0.3 is 5.73 Å². The van der Waals surface area contributed by atoms with Crippen LogP contribution in [-0.4, -0.2) is 11.8 Å². The van der Waals surface area contributed by atoms with E-state index in [0.717, 1.165) is 12.8 Å². The molecule has 0 heterocycles. The lowest BCUT2D eigenvalue weighted by molar-refractivity contribution is -0.128. The van der Waals surface area contributed by atoms with Gasteiger partial charge in [0.2, 0.25) is 0 Å². The molecule has 0 spiro atoms. The van der Waals surface area contributed by atoms with Gasteiger partial charge in [0.05, 0.1) is 6.04 Å². The highest BCUT2D eigenvalue weighted by Gasteiger charge is 2.27. The molecule has 0 bridgehead atoms. The Morgan fingerprint density at radius 1 is 1.38 bits per heavy atom. The van der Waals surface area contributed by atoms with Crippen LogP contribution in [0.3, 0.4) is 0 Å². The van der Waals surface area contributed by atoms with Gasteiger partial charge in [-0.1, -0.05) is 41.0 Å². The normalized spacial score (nSPS) is 16.8. The number of carbonyl (C=O) groups is 1. The average Bonchev–Trinajstić information content (AvgIpc) is 2.01. The molecule has 2 nitrogen and oxygen atoms in total. The molecule has 2 unspecified atom stereocenters. The van der Waals surface area contributed by atoms with Crippen molar-refractivity contribution in [1.29, 1.82) is 0 Å². The van der Waals surface area contributed by atoms with Gasteiger partial charge in [0.25, 0.3) is 0 Å². The van der Waals surface area contributed by atoms with Crippen molar-refractivity contribution in [2.75, 3.05) is 0 Å². The molecule has 0 aliphatic carbocycles. The van der Waals surface area contributed by atoms with E-state index < -0.39 is 0 Å². The second-order valence-corrected chi connectivity index (χ2v) is 4.97. The summed E-state index contributed by atoms with van der Waals surface area (Å²) < 4.78 is 0. The number of hydrogen-bond donors (Lipinski definition) is 1. The van der Waals surface area contributed by atoms with Crippen LogP contribution >= 0.6 is 0 Å². The molecule has 0 aromatic heterocycles. The van der Waals surface area contributed by atoms with Crippen molar-refractivity contribution in [2.45, 2.75) is 53.5 Å². The molecule has 2 N–H and O–H groups in total. The molecule has 0 amide bonds. The molecular weight excluding hydrogens is 162 g/mol. The minimum Gasteiger partial charge on any atom is -0.321 e. The van der Waals surface area contributed by atoms with Gasteiger partial charge in [-0.25, -0.2) is 0 Å². The fourth-order valence-electron chi connectivity index (χ4n) is 1.26. The maximum Gasteiger partial charge on any atom is 0.154 e. The Balaban J connectivity index is 4.12. The zero-order chi connectivity index (χ0) is 10.6. The van der Waals surface area contributed by atoms with Crippen LogP contribution in [0.4, 0.5) is 0 Å². The number of carbonyl (C=O) groups excluding carboxylic acids is 1. The molecule has 0 saturated heterocycles. The Morgan fingerprint density at radius 2 is 1.85 bits per heavy atom. The van der Waals surface area contributed by atoms with E-state index in [1.807, 2.05) is 20.8 Å². The number of rotatable bonds is 4. The van der Waals surface area contributed by atoms with Gasteiger partial charge in [-0.05, 0) is 12.3 Å². The standard InChI is InChI=1S/C11H23NO/c1-6-8(2)7-9(12)10(13)11(3,4)5/h8-9H,6-7,12H2,1-5H3. The van der Waals surface area contributed by atoms with Gasteiger partial charge in [0.1, 0.15) is 0 Å². The maximum atomic E-state index is 11.7. The van der Waals surface area contributed by atoms with E-state index in [1.54, 1.807) is 0 Å². The first-order valence-electron chi connectivity index (χ1n) is 5.09. The smallest absolute Gasteiger partial charge is 0.154 e. The number of ketones is 1. The van der Waals surface area contributed by atoms with E-state index in [9.17, 15) is 4.79 Å². The molecule has 2 heteroatoms. The van der Waals surface area contributed by atoms with E-state index in [0.29, 0.717) is 5.92 Å². The second kappa shape index (κ2) is 4.75. The van der Waals surface area contributed by atoms with Crippen molar-refractivity contribution in [2.24, 2.45) is 17.1 Å². The van der Waals surface area contributed by atoms with E-state index >= 15 is 0 Å². The van der Waals surface area contributed by atoms with E-state index in [4.69, 9.17) is 5.73 Å². The summed E-state index contributed by atoms with van der Waals surface area (Å²) in [4.78, 5) is 11.7. The number of hydrogen-bond acceptors (Lipinski definition) is 2. The SMILES string of the molecule is CCC(C)CC(N)C(=O)C(C)(C)C. The summed E-state index contributed by atoms with van der Waals surface area (Å²) in [6, 6.07) is -0.282. The van der Waals surface area contributed by atoms with Crippen molar-refractivity contribution in [3.05, 3.63) is 0 Å². The van der Waals surface area contributed by atoms with Crippen molar-refractivity contribution in [1.82, 2.24) is 0 Å². The first-order chi connectivity index (χ1) is 5.79. The highest BCUT2D eigenvalue weighted by atomic mass is 16.1. The van der Waals surface area contributed by atoms with Gasteiger partial charge in [0.15, 0.2) is 5.78 Å². The Morgan fingerprint density at radius 3 is 2.15 bits per heavy atom. The molecule has 78 valence electrons. The fraction of sp³-hybridized carbons (Fsp3) is 0.909. The van der Waals surface area contributed by atoms with Gasteiger partial charge in [-0.2, -0.15) is 0 Å². The summed E-state index contributed by atoms with van der Waals surface area (Å²) in [6.07, 6.45) is 1.90. The molecule has 0 radical (unpaired) electrons. The predicted octanol–water partition coefficient (Wildman–Crippen LogP) is 2.37. The van der Waals surface area contributed by atoms with Crippen LogP contribution in [-0.2, 0) is 4.79 Å². The molecule has 0 aliphatic heterocycles. The number of Topliss-reactive ketones (excluding diaryl/α,β-unsaturated/α-hetero) is 1. The minimum atomic E-state index is -0.299. The molecule has 2 atom stereocenters. The Bertz CT molecular complexity index is 169. The summed E-state index contributed by atoms with van der Waals surface area (Å²) in [5.41, 5.74) is 5.53. The molecule has 13 heavy (non-hydrogen) atoms. The summed E-state index contributed by atoms with van der Waals surface area (Å²) in [5, 5.41) is 0. The molecular formula is C11H23NO. The van der Waals surface area contributed by atoms with Gasteiger partial charge >= 0.3 is 0 Å². The van der Waals surface area contributed by atoms with Crippen molar-refractivity contribution in [3.63, 3.8) is 0 Å². The lowest BCUT2D eigenvalue weighted by Crippen LogP contribution is -2.39. The van der Waals surface area contributed by atoms with E-state index in [2.05, 4.69) is 13.8 Å². The zero-order valence-electron chi connectivity index (χ0n) is 9.55. The summed E-state index contributed by atoms with van der Waals surface area (Å²) in [5.74, 6) is 0.717. The van der Waals surface area contributed by atoms with Crippen LogP contribution in [0, 0.1) is 11.3 Å². The fourth-order valence-corrected chi connectivity index (χ4v) is 1.26. The monoisotopic (exact) mass is 185 g/mol. The molecule has 0 fully saturated rings. The van der Waals surface area contributed by atoms with Crippen molar-refractivity contribution < 1.29 is 4.79 Å². The van der Waals surface area contributed by atoms with E-state index in [1.165, 1.54) is 0 Å². The predicted molar refractivity (Wildman–Crippen MR) is 56.5 cm³/mol. The van der Waals surface area contributed by atoms with Gasteiger partial charge in [-0.3, -0.25) is 4.79 Å². The van der Waals surface area contributed by atoms with E-state index in [-0.39, 0.29) is 17.2 Å². The topological polar surface area (TPSA) is 43.1 Å². The van der Waals surface area contributed by atoms with Crippen LogP contribution in [0.25, 0.3) is 0 Å². The zero-order valence-corrected chi connectivity index (χ0v) is 9.55. The largest absolute Gasteiger partial charge is 0.321 e. The number of nitrogens with two attached hydrogens (primary N) is 1. The molecule has 0 aromatic carbocycles. The third-order valence-electron chi connectivity index (χ3n) is 2.43. The summed E-state index contributed by atoms with van der Waals surface area (Å²) in [7, 11) is 0. The highest BCUT2D eigenvalue weighted by Crippen LogP contribution is 2.19. The third-order valence-corrected chi connectivity index (χ3v) is 2.43.